The van der Waals surface area contributed by atoms with Crippen molar-refractivity contribution in [2.45, 2.75) is 217 Å². The zero-order valence-corrected chi connectivity index (χ0v) is 39.0. The van der Waals surface area contributed by atoms with E-state index in [-0.39, 0.29) is 13.0 Å². The highest BCUT2D eigenvalue weighted by atomic mass is 31.2. The van der Waals surface area contributed by atoms with E-state index in [2.05, 4.69) is 62.5 Å². The van der Waals surface area contributed by atoms with Gasteiger partial charge in [0.15, 0.2) is 6.10 Å². The molecule has 0 radical (unpaired) electrons. The molecule has 1 rings (SSSR count). The average Bonchev–Trinajstić information content (AvgIpc) is 3.26. The normalized spacial score (nSPS) is 22.6. The van der Waals surface area contributed by atoms with Crippen LogP contribution >= 0.6 is 7.82 Å². The van der Waals surface area contributed by atoms with Gasteiger partial charge < -0.3 is 39.9 Å². The summed E-state index contributed by atoms with van der Waals surface area (Å²) in [7, 11) is -5.05. The highest BCUT2D eigenvalue weighted by Crippen LogP contribution is 2.47. The lowest BCUT2D eigenvalue weighted by molar-refractivity contribution is -0.220. The Morgan fingerprint density at radius 3 is 1.44 bits per heavy atom. The molecule has 12 nitrogen and oxygen atoms in total. The first-order chi connectivity index (χ1) is 30.0. The number of carbonyl (C=O) groups is 1. The standard InChI is InChI=1S/C49H85O12P/c1-3-5-7-9-11-13-15-17-19-21-23-25-27-29-31-33-35-37-39-58-40-42(41-59-62(56,57)61-49-47(54)45(52)44(51)46(53)48(49)55)60-43(50)38-36-34-32-30-28-26-24-22-20-18-16-14-12-10-8-6-4-2/h6,8,12,14,18,20,24,26,30,32,37,39,42,44-49,51-55H,3-5,7,9-11,13,15-17,19,21-23,25,27-29,31,33-36,38,40-41H2,1-2H3,(H,56,57)/b8-6-,14-12-,20-18-,26-24-,32-30-,39-37-/t42-,44?,45-,46?,47?,48?,49?/m1/s1. The smallest absolute Gasteiger partial charge is 0.472 e. The molecule has 1 saturated carbocycles. The molecule has 0 saturated heterocycles. The van der Waals surface area contributed by atoms with Crippen LogP contribution < -0.4 is 0 Å². The van der Waals surface area contributed by atoms with E-state index in [1.54, 1.807) is 0 Å². The summed E-state index contributed by atoms with van der Waals surface area (Å²) in [5.41, 5.74) is 0. The van der Waals surface area contributed by atoms with Crippen molar-refractivity contribution in [3.05, 3.63) is 73.1 Å². The molecule has 358 valence electrons. The molecular weight excluding hydrogens is 812 g/mol. The van der Waals surface area contributed by atoms with Gasteiger partial charge in [-0.2, -0.15) is 0 Å². The number of phosphoric ester groups is 1. The maximum Gasteiger partial charge on any atom is 0.472 e. The monoisotopic (exact) mass is 897 g/mol. The molecule has 0 amide bonds. The predicted molar refractivity (Wildman–Crippen MR) is 248 cm³/mol. The lowest BCUT2D eigenvalue weighted by Crippen LogP contribution is -2.64. The van der Waals surface area contributed by atoms with Gasteiger partial charge in [0.05, 0.1) is 12.9 Å². The van der Waals surface area contributed by atoms with E-state index in [4.69, 9.17) is 18.5 Å². The minimum Gasteiger partial charge on any atom is -0.498 e. The van der Waals surface area contributed by atoms with Gasteiger partial charge in [0.2, 0.25) is 0 Å². The molecule has 13 heteroatoms. The number of carbonyl (C=O) groups excluding carboxylic acids is 1. The topological polar surface area (TPSA) is 192 Å². The predicted octanol–water partition coefficient (Wildman–Crippen LogP) is 10.3. The van der Waals surface area contributed by atoms with Crippen LogP contribution in [0, 0.1) is 0 Å². The van der Waals surface area contributed by atoms with E-state index in [0.29, 0.717) is 12.8 Å². The van der Waals surface area contributed by atoms with Gasteiger partial charge >= 0.3 is 13.8 Å². The van der Waals surface area contributed by atoms with E-state index >= 15 is 0 Å². The minimum absolute atomic E-state index is 0.0890. The first-order valence-corrected chi connectivity index (χ1v) is 25.3. The zero-order valence-electron chi connectivity index (χ0n) is 38.1. The molecule has 8 atom stereocenters. The number of hydrogen-bond acceptors (Lipinski definition) is 11. The lowest BCUT2D eigenvalue weighted by Gasteiger charge is -2.41. The first-order valence-electron chi connectivity index (χ1n) is 23.8. The molecule has 62 heavy (non-hydrogen) atoms. The largest absolute Gasteiger partial charge is 0.498 e. The van der Waals surface area contributed by atoms with Gasteiger partial charge in [-0.05, 0) is 63.9 Å². The fraction of sp³-hybridized carbons (Fsp3) is 0.735. The van der Waals surface area contributed by atoms with Crippen molar-refractivity contribution in [3.63, 3.8) is 0 Å². The van der Waals surface area contributed by atoms with Crippen LogP contribution in [0.4, 0.5) is 0 Å². The summed E-state index contributed by atoms with van der Waals surface area (Å²) >= 11 is 0. The highest BCUT2D eigenvalue weighted by Gasteiger charge is 2.51. The third-order valence-electron chi connectivity index (χ3n) is 10.7. The van der Waals surface area contributed by atoms with Crippen LogP contribution in [0.1, 0.15) is 174 Å². The molecule has 6 N–H and O–H groups in total. The lowest BCUT2D eigenvalue weighted by atomic mass is 9.85. The van der Waals surface area contributed by atoms with Crippen molar-refractivity contribution in [3.8, 4) is 0 Å². The van der Waals surface area contributed by atoms with Crippen LogP contribution in [0.25, 0.3) is 0 Å². The third-order valence-corrected chi connectivity index (χ3v) is 11.6. The maximum atomic E-state index is 12.8. The summed E-state index contributed by atoms with van der Waals surface area (Å²) in [6.45, 7) is 3.57. The van der Waals surface area contributed by atoms with Crippen LogP contribution in [-0.2, 0) is 27.9 Å². The van der Waals surface area contributed by atoms with Crippen molar-refractivity contribution in [2.75, 3.05) is 13.2 Å². The molecule has 1 aliphatic carbocycles. The Hall–Kier alpha value is -2.38. The third kappa shape index (κ3) is 30.7. The Balaban J connectivity index is 2.45. The Bertz CT molecular complexity index is 1300. The molecule has 1 aliphatic rings. The maximum absolute atomic E-state index is 12.8. The Kier molecular flexibility index (Phi) is 36.3. The second-order valence-corrected chi connectivity index (χ2v) is 17.7. The molecule has 0 aliphatic heterocycles. The van der Waals surface area contributed by atoms with Crippen LogP contribution in [0.5, 0.6) is 0 Å². The van der Waals surface area contributed by atoms with Crippen LogP contribution in [0.15, 0.2) is 73.1 Å². The Labute approximate surface area is 374 Å². The number of hydrogen-bond donors (Lipinski definition) is 6. The van der Waals surface area contributed by atoms with Gasteiger partial charge in [0.25, 0.3) is 0 Å². The molecule has 0 heterocycles. The van der Waals surface area contributed by atoms with Crippen molar-refractivity contribution in [1.82, 2.24) is 0 Å². The molecule has 1 fully saturated rings. The van der Waals surface area contributed by atoms with Gasteiger partial charge in [0, 0.05) is 6.42 Å². The van der Waals surface area contributed by atoms with Gasteiger partial charge in [-0.1, -0.05) is 171 Å². The number of esters is 1. The summed E-state index contributed by atoms with van der Waals surface area (Å²) in [6.07, 6.45) is 39.2. The summed E-state index contributed by atoms with van der Waals surface area (Å²) in [6, 6.07) is 0. The van der Waals surface area contributed by atoms with E-state index in [1.807, 2.05) is 18.2 Å². The Morgan fingerprint density at radius 2 is 0.952 bits per heavy atom. The summed E-state index contributed by atoms with van der Waals surface area (Å²) in [4.78, 5) is 23.1. The molecule has 0 aromatic heterocycles. The number of phosphoric acid groups is 1. The van der Waals surface area contributed by atoms with Crippen LogP contribution in [0.3, 0.4) is 0 Å². The number of ether oxygens (including phenoxy) is 2. The molecule has 0 bridgehead atoms. The van der Waals surface area contributed by atoms with Crippen molar-refractivity contribution in [1.29, 1.82) is 0 Å². The fourth-order valence-electron chi connectivity index (χ4n) is 6.89. The SMILES string of the molecule is CC/C=C\C/C=C\C/C=C\C/C=C\C/C=C\CCCC(=O)O[C@H](CO/C=C\CCCCCCCCCCCCCCCCCC)COP(=O)(O)OC1C(O)C(O)C(O)[C@@H](O)C1O. The van der Waals surface area contributed by atoms with Crippen molar-refractivity contribution < 1.29 is 58.3 Å². The Morgan fingerprint density at radius 1 is 0.532 bits per heavy atom. The second-order valence-electron chi connectivity index (χ2n) is 16.3. The number of aliphatic hydroxyl groups excluding tert-OH is 5. The summed E-state index contributed by atoms with van der Waals surface area (Å²) in [5.74, 6) is -0.557. The van der Waals surface area contributed by atoms with Crippen molar-refractivity contribution >= 4 is 13.8 Å². The summed E-state index contributed by atoms with van der Waals surface area (Å²) < 4.78 is 33.9. The van der Waals surface area contributed by atoms with Gasteiger partial charge in [-0.3, -0.25) is 13.8 Å². The van der Waals surface area contributed by atoms with E-state index in [0.717, 1.165) is 51.4 Å². The van der Waals surface area contributed by atoms with E-state index in [1.165, 1.54) is 96.2 Å². The quantitative estimate of drug-likeness (QED) is 0.0113. The first kappa shape index (κ1) is 57.6. The number of rotatable bonds is 39. The highest BCUT2D eigenvalue weighted by molar-refractivity contribution is 7.47. The fourth-order valence-corrected chi connectivity index (χ4v) is 7.86. The van der Waals surface area contributed by atoms with E-state index in [9.17, 15) is 39.8 Å². The molecule has 0 spiro atoms. The van der Waals surface area contributed by atoms with Gasteiger partial charge in [-0.25, -0.2) is 4.57 Å². The molecular formula is C49H85O12P. The zero-order chi connectivity index (χ0) is 45.5. The average molecular weight is 897 g/mol. The molecule has 6 unspecified atom stereocenters. The summed E-state index contributed by atoms with van der Waals surface area (Å²) in [5, 5.41) is 50.2. The van der Waals surface area contributed by atoms with E-state index < -0.39 is 63.1 Å². The van der Waals surface area contributed by atoms with Gasteiger partial charge in [-0.15, -0.1) is 0 Å². The van der Waals surface area contributed by atoms with Crippen molar-refractivity contribution in [2.24, 2.45) is 0 Å². The second kappa shape index (κ2) is 39.0. The minimum atomic E-state index is -5.05. The molecule has 0 aromatic rings. The molecule has 0 aromatic carbocycles. The number of allylic oxidation sites excluding steroid dienone is 11. The van der Waals surface area contributed by atoms with Crippen LogP contribution in [-0.4, -0.2) is 92.3 Å². The van der Waals surface area contributed by atoms with Gasteiger partial charge in [0.1, 0.15) is 43.2 Å². The number of aliphatic hydroxyl groups is 5. The van der Waals surface area contributed by atoms with Crippen LogP contribution in [0.2, 0.25) is 0 Å². The number of unbranched alkanes of at least 4 members (excludes halogenated alkanes) is 17.